The maximum atomic E-state index is 12.3. The summed E-state index contributed by atoms with van der Waals surface area (Å²) >= 11 is 6.03. The third kappa shape index (κ3) is 3.62. The summed E-state index contributed by atoms with van der Waals surface area (Å²) in [5.74, 6) is 0.298. The van der Waals surface area contributed by atoms with Gasteiger partial charge in [-0.25, -0.2) is 14.3 Å². The number of nitrogens with zero attached hydrogens (tertiary/aromatic N) is 2. The smallest absolute Gasteiger partial charge is 0.347 e. The van der Waals surface area contributed by atoms with Gasteiger partial charge in [0.15, 0.2) is 18.9 Å². The number of rotatable bonds is 3. The average Bonchev–Trinajstić information content (AvgIpc) is 2.62. The van der Waals surface area contributed by atoms with Crippen LogP contribution in [0.5, 0.6) is 0 Å². The Labute approximate surface area is 161 Å². The van der Waals surface area contributed by atoms with Crippen LogP contribution in [0.1, 0.15) is 5.56 Å². The maximum Gasteiger partial charge on any atom is 0.347 e. The molecular formula is C20H14Cl2N2O2. The zero-order valence-corrected chi connectivity index (χ0v) is 15.1. The zero-order chi connectivity index (χ0) is 17.2. The van der Waals surface area contributed by atoms with Crippen LogP contribution in [0, 0.1) is 0 Å². The molecule has 0 bridgehead atoms. The Kier molecular flexibility index (Phi) is 5.35. The predicted octanol–water partition coefficient (Wildman–Crippen LogP) is 0.848. The number of hydrogen-bond acceptors (Lipinski definition) is 3. The molecule has 2 aromatic carbocycles. The van der Waals surface area contributed by atoms with Crippen molar-refractivity contribution in [3.05, 3.63) is 94.1 Å². The van der Waals surface area contributed by atoms with E-state index in [9.17, 15) is 4.79 Å². The van der Waals surface area contributed by atoms with Crippen LogP contribution in [-0.2, 0) is 6.54 Å². The highest BCUT2D eigenvalue weighted by Crippen LogP contribution is 2.23. The molecule has 0 unspecified atom stereocenters. The van der Waals surface area contributed by atoms with Gasteiger partial charge in [-0.15, -0.1) is 0 Å². The molecule has 0 atom stereocenters. The first kappa shape index (κ1) is 18.1. The van der Waals surface area contributed by atoms with E-state index in [-0.39, 0.29) is 12.4 Å². The number of halogens is 2. The summed E-state index contributed by atoms with van der Waals surface area (Å²) in [6.07, 6.45) is 3.97. The van der Waals surface area contributed by atoms with Crippen LogP contribution < -0.4 is 22.6 Å². The first-order chi connectivity index (χ1) is 12.2. The number of fused-ring (bicyclic) bond motifs is 1. The standard InChI is InChI=1S/C20H14ClN2O2.ClH/c21-15-8-9-17-18(12-15)22-19(25-20(17)24)16-7-3-2-6-14(16)13-23-10-4-1-5-11-23;/h1-12H,13H2;1H/q+1;/p-1. The molecule has 0 aliphatic heterocycles. The molecule has 2 aromatic heterocycles. The van der Waals surface area contributed by atoms with E-state index < -0.39 is 5.63 Å². The number of hydrogen-bond donors (Lipinski definition) is 0. The Hall–Kier alpha value is -2.69. The minimum absolute atomic E-state index is 0. The van der Waals surface area contributed by atoms with E-state index in [4.69, 9.17) is 16.0 Å². The van der Waals surface area contributed by atoms with Crippen molar-refractivity contribution in [1.29, 1.82) is 0 Å². The highest BCUT2D eigenvalue weighted by Gasteiger charge is 2.14. The molecule has 0 fully saturated rings. The lowest BCUT2D eigenvalue weighted by atomic mass is 10.1. The second-order valence-corrected chi connectivity index (χ2v) is 6.11. The van der Waals surface area contributed by atoms with Crippen LogP contribution in [-0.4, -0.2) is 4.98 Å². The summed E-state index contributed by atoms with van der Waals surface area (Å²) in [6, 6.07) is 18.6. The Morgan fingerprint density at radius 1 is 1.00 bits per heavy atom. The summed E-state index contributed by atoms with van der Waals surface area (Å²) in [5, 5.41) is 0.952. The molecule has 0 N–H and O–H groups in total. The second kappa shape index (κ2) is 7.68. The summed E-state index contributed by atoms with van der Waals surface area (Å²) in [5.41, 5.74) is 1.91. The van der Waals surface area contributed by atoms with Crippen LogP contribution in [0.2, 0.25) is 5.02 Å². The molecule has 26 heavy (non-hydrogen) atoms. The zero-order valence-electron chi connectivity index (χ0n) is 13.6. The topological polar surface area (TPSA) is 47.0 Å². The Morgan fingerprint density at radius 2 is 1.77 bits per heavy atom. The largest absolute Gasteiger partial charge is 1.00 e. The molecule has 0 aliphatic carbocycles. The van der Waals surface area contributed by atoms with Gasteiger partial charge < -0.3 is 16.8 Å². The molecule has 0 saturated heterocycles. The van der Waals surface area contributed by atoms with Crippen LogP contribution in [0.15, 0.2) is 82.3 Å². The van der Waals surface area contributed by atoms with Gasteiger partial charge in [-0.1, -0.05) is 35.9 Å². The fraction of sp³-hybridized carbons (Fsp3) is 0.0500. The lowest BCUT2D eigenvalue weighted by Crippen LogP contribution is -3.00. The SMILES string of the molecule is O=c1oc(-c2ccccc2C[n+]2ccccc2)nc2cc(Cl)ccc12.[Cl-]. The molecule has 4 aromatic rings. The van der Waals surface area contributed by atoms with Crippen molar-refractivity contribution in [3.63, 3.8) is 0 Å². The normalized spacial score (nSPS) is 10.5. The quantitative estimate of drug-likeness (QED) is 0.492. The third-order valence-corrected chi connectivity index (χ3v) is 4.20. The van der Waals surface area contributed by atoms with Gasteiger partial charge in [-0.05, 0) is 24.3 Å². The van der Waals surface area contributed by atoms with Gasteiger partial charge in [0.05, 0.1) is 10.9 Å². The summed E-state index contributed by atoms with van der Waals surface area (Å²) < 4.78 is 7.53. The lowest BCUT2D eigenvalue weighted by Gasteiger charge is -2.06. The van der Waals surface area contributed by atoms with Gasteiger partial charge >= 0.3 is 5.63 Å². The van der Waals surface area contributed by atoms with Crippen molar-refractivity contribution < 1.29 is 21.4 Å². The Bertz CT molecular complexity index is 1110. The van der Waals surface area contributed by atoms with Crippen LogP contribution >= 0.6 is 11.6 Å². The minimum atomic E-state index is -0.418. The van der Waals surface area contributed by atoms with Gasteiger partial charge in [0.25, 0.3) is 0 Å². The van der Waals surface area contributed by atoms with E-state index in [0.717, 1.165) is 11.1 Å². The van der Waals surface area contributed by atoms with E-state index in [0.29, 0.717) is 28.4 Å². The predicted molar refractivity (Wildman–Crippen MR) is 96.5 cm³/mol. The molecule has 4 nitrogen and oxygen atoms in total. The fourth-order valence-electron chi connectivity index (χ4n) is 2.76. The average molecular weight is 385 g/mol. The third-order valence-electron chi connectivity index (χ3n) is 3.97. The van der Waals surface area contributed by atoms with E-state index in [1.165, 1.54) is 0 Å². The van der Waals surface area contributed by atoms with E-state index in [1.807, 2.05) is 54.9 Å². The molecule has 0 amide bonds. The number of pyridine rings is 1. The van der Waals surface area contributed by atoms with Crippen molar-refractivity contribution in [2.45, 2.75) is 6.54 Å². The van der Waals surface area contributed by atoms with Gasteiger partial charge in [-0.2, -0.15) is 0 Å². The summed E-state index contributed by atoms with van der Waals surface area (Å²) in [7, 11) is 0. The molecule has 0 spiro atoms. The Balaban J connectivity index is 0.00000196. The van der Waals surface area contributed by atoms with Crippen LogP contribution in [0.3, 0.4) is 0 Å². The van der Waals surface area contributed by atoms with Gasteiger partial charge in [0.1, 0.15) is 0 Å². The van der Waals surface area contributed by atoms with Gasteiger partial charge in [0.2, 0.25) is 5.89 Å². The molecule has 6 heteroatoms. The highest BCUT2D eigenvalue weighted by atomic mass is 35.5. The molecule has 2 heterocycles. The molecule has 0 radical (unpaired) electrons. The molecule has 130 valence electrons. The van der Waals surface area contributed by atoms with Crippen molar-refractivity contribution in [3.8, 4) is 11.5 Å². The molecule has 4 rings (SSSR count). The summed E-state index contributed by atoms with van der Waals surface area (Å²) in [4.78, 5) is 16.8. The van der Waals surface area contributed by atoms with Gasteiger partial charge in [-0.3, -0.25) is 0 Å². The lowest BCUT2D eigenvalue weighted by molar-refractivity contribution is -0.688. The van der Waals surface area contributed by atoms with Crippen molar-refractivity contribution in [1.82, 2.24) is 4.98 Å². The Morgan fingerprint density at radius 3 is 2.58 bits per heavy atom. The van der Waals surface area contributed by atoms with Crippen LogP contribution in [0.4, 0.5) is 0 Å². The minimum Gasteiger partial charge on any atom is -1.00 e. The fourth-order valence-corrected chi connectivity index (χ4v) is 2.93. The number of aromatic nitrogens is 2. The van der Waals surface area contributed by atoms with E-state index in [2.05, 4.69) is 9.55 Å². The van der Waals surface area contributed by atoms with Crippen molar-refractivity contribution in [2.75, 3.05) is 0 Å². The van der Waals surface area contributed by atoms with Crippen LogP contribution in [0.25, 0.3) is 22.4 Å². The summed E-state index contributed by atoms with van der Waals surface area (Å²) in [6.45, 7) is 0.649. The van der Waals surface area contributed by atoms with E-state index >= 15 is 0 Å². The second-order valence-electron chi connectivity index (χ2n) is 5.67. The molecular weight excluding hydrogens is 371 g/mol. The van der Waals surface area contributed by atoms with Gasteiger partial charge in [0, 0.05) is 28.3 Å². The first-order valence-electron chi connectivity index (χ1n) is 7.83. The van der Waals surface area contributed by atoms with E-state index in [1.54, 1.807) is 18.2 Å². The number of benzene rings is 2. The van der Waals surface area contributed by atoms with Crippen molar-refractivity contribution >= 4 is 22.5 Å². The monoisotopic (exact) mass is 384 g/mol. The molecule has 0 aliphatic rings. The first-order valence-corrected chi connectivity index (χ1v) is 8.21. The maximum absolute atomic E-state index is 12.3. The molecule has 0 saturated carbocycles. The highest BCUT2D eigenvalue weighted by molar-refractivity contribution is 6.31. The van der Waals surface area contributed by atoms with Crippen molar-refractivity contribution in [2.24, 2.45) is 0 Å².